The fraction of sp³-hybridized carbons (Fsp3) is 0.360. The van der Waals surface area contributed by atoms with Crippen LogP contribution in [-0.2, 0) is 6.42 Å². The summed E-state index contributed by atoms with van der Waals surface area (Å²) < 4.78 is 2.23. The average molecular weight is 405 g/mol. The minimum atomic E-state index is -0.597. The van der Waals surface area contributed by atoms with E-state index in [1.165, 1.54) is 12.0 Å². The number of nitrogens with one attached hydrogen (secondary N) is 1. The zero-order chi connectivity index (χ0) is 22.3. The lowest BCUT2D eigenvalue weighted by atomic mass is 10.0. The highest BCUT2D eigenvalue weighted by atomic mass is 16.2. The Labute approximate surface area is 179 Å². The Bertz CT molecular complexity index is 1040. The van der Waals surface area contributed by atoms with Crippen LogP contribution < -0.4 is 11.1 Å². The molecule has 0 fully saturated rings. The third-order valence-corrected chi connectivity index (χ3v) is 4.66. The SMILES string of the molecule is CCC.CCCc1ccc2c(C#N)c(-c3ccc(NC(N)=O)cc3)n(C(C)C)c2c1. The lowest BCUT2D eigenvalue weighted by Crippen LogP contribution is -2.19. The summed E-state index contributed by atoms with van der Waals surface area (Å²) in [4.78, 5) is 11.0. The number of hydrogen-bond acceptors (Lipinski definition) is 2. The number of nitrogens with two attached hydrogens (primary N) is 1. The largest absolute Gasteiger partial charge is 0.351 e. The molecule has 2 aromatic carbocycles. The Morgan fingerprint density at radius 2 is 1.77 bits per heavy atom. The van der Waals surface area contributed by atoms with E-state index >= 15 is 0 Å². The predicted molar refractivity (Wildman–Crippen MR) is 126 cm³/mol. The molecule has 0 spiro atoms. The zero-order valence-electron chi connectivity index (χ0n) is 18.6. The van der Waals surface area contributed by atoms with Gasteiger partial charge in [0.15, 0.2) is 0 Å². The normalized spacial score (nSPS) is 10.4. The number of carbonyl (C=O) groups is 1. The van der Waals surface area contributed by atoms with Gasteiger partial charge < -0.3 is 15.6 Å². The van der Waals surface area contributed by atoms with Crippen LogP contribution in [0.1, 0.15) is 64.6 Å². The summed E-state index contributed by atoms with van der Waals surface area (Å²) in [6.45, 7) is 10.7. The number of amides is 2. The van der Waals surface area contributed by atoms with E-state index in [0.29, 0.717) is 11.3 Å². The van der Waals surface area contributed by atoms with Crippen LogP contribution in [0, 0.1) is 11.3 Å². The standard InChI is InChI=1S/C22H24N4O.C3H8/c1-4-5-15-6-11-18-19(13-23)21(26(14(2)3)20(18)12-15)16-7-9-17(10-8-16)25-22(24)27;1-3-2/h6-12,14H,4-5H2,1-3H3,(H3,24,25,27);3H2,1-2H3. The number of aromatic nitrogens is 1. The summed E-state index contributed by atoms with van der Waals surface area (Å²) in [7, 11) is 0. The summed E-state index contributed by atoms with van der Waals surface area (Å²) in [5.74, 6) is 0. The molecule has 0 radical (unpaired) electrons. The van der Waals surface area contributed by atoms with E-state index in [1.54, 1.807) is 12.1 Å². The van der Waals surface area contributed by atoms with Crippen LogP contribution in [0.5, 0.6) is 0 Å². The number of benzene rings is 2. The topological polar surface area (TPSA) is 83.8 Å². The van der Waals surface area contributed by atoms with Crippen molar-refractivity contribution in [3.8, 4) is 17.3 Å². The molecule has 5 nitrogen and oxygen atoms in total. The zero-order valence-corrected chi connectivity index (χ0v) is 18.6. The Kier molecular flexibility index (Phi) is 8.06. The molecule has 0 aliphatic carbocycles. The first-order chi connectivity index (χ1) is 14.4. The summed E-state index contributed by atoms with van der Waals surface area (Å²) >= 11 is 0. The van der Waals surface area contributed by atoms with Gasteiger partial charge in [0.05, 0.1) is 16.8 Å². The molecule has 1 aromatic heterocycles. The molecule has 3 rings (SSSR count). The van der Waals surface area contributed by atoms with E-state index in [1.807, 2.05) is 12.1 Å². The number of fused-ring (bicyclic) bond motifs is 1. The number of hydrogen-bond donors (Lipinski definition) is 2. The first-order valence-electron chi connectivity index (χ1n) is 10.6. The molecule has 158 valence electrons. The number of carbonyl (C=O) groups excluding carboxylic acids is 1. The van der Waals surface area contributed by atoms with Gasteiger partial charge in [0.25, 0.3) is 0 Å². The Morgan fingerprint density at radius 3 is 2.27 bits per heavy atom. The predicted octanol–water partition coefficient (Wildman–Crippen LogP) is 6.62. The second kappa shape index (κ2) is 10.5. The maximum Gasteiger partial charge on any atom is 0.316 e. The van der Waals surface area contributed by atoms with Crippen molar-refractivity contribution in [3.63, 3.8) is 0 Å². The van der Waals surface area contributed by atoms with Crippen molar-refractivity contribution < 1.29 is 4.79 Å². The van der Waals surface area contributed by atoms with Crippen molar-refractivity contribution in [2.24, 2.45) is 5.73 Å². The van der Waals surface area contributed by atoms with Crippen LogP contribution in [0.3, 0.4) is 0 Å². The third kappa shape index (κ3) is 5.01. The Morgan fingerprint density at radius 1 is 1.13 bits per heavy atom. The summed E-state index contributed by atoms with van der Waals surface area (Å²) in [5.41, 5.74) is 10.7. The van der Waals surface area contributed by atoms with Crippen LogP contribution in [0.2, 0.25) is 0 Å². The monoisotopic (exact) mass is 404 g/mol. The Balaban J connectivity index is 0.00000101. The highest BCUT2D eigenvalue weighted by Crippen LogP contribution is 2.37. The van der Waals surface area contributed by atoms with Gasteiger partial charge in [0.1, 0.15) is 6.07 Å². The van der Waals surface area contributed by atoms with Crippen molar-refractivity contribution >= 4 is 22.6 Å². The number of anilines is 1. The van der Waals surface area contributed by atoms with Gasteiger partial charge >= 0.3 is 6.03 Å². The first-order valence-corrected chi connectivity index (χ1v) is 10.6. The number of aryl methyl sites for hydroxylation is 1. The van der Waals surface area contributed by atoms with Crippen LogP contribution in [0.25, 0.3) is 22.2 Å². The van der Waals surface area contributed by atoms with Crippen molar-refractivity contribution in [2.45, 2.75) is 59.9 Å². The van der Waals surface area contributed by atoms with E-state index in [9.17, 15) is 10.1 Å². The van der Waals surface area contributed by atoms with Gasteiger partial charge in [-0.05, 0) is 49.6 Å². The van der Waals surface area contributed by atoms with E-state index in [2.05, 4.69) is 68.8 Å². The van der Waals surface area contributed by atoms with Crippen LogP contribution >= 0.6 is 0 Å². The van der Waals surface area contributed by atoms with Gasteiger partial charge in [-0.25, -0.2) is 4.79 Å². The average Bonchev–Trinajstić information content (AvgIpc) is 3.03. The van der Waals surface area contributed by atoms with E-state index < -0.39 is 6.03 Å². The minimum absolute atomic E-state index is 0.199. The molecule has 0 atom stereocenters. The molecule has 3 aromatic rings. The summed E-state index contributed by atoms with van der Waals surface area (Å²) in [5, 5.41) is 13.4. The molecule has 1 heterocycles. The first kappa shape index (κ1) is 23.0. The highest BCUT2D eigenvalue weighted by Gasteiger charge is 2.20. The molecule has 0 aliphatic rings. The number of urea groups is 1. The molecule has 30 heavy (non-hydrogen) atoms. The molecule has 0 aliphatic heterocycles. The quantitative estimate of drug-likeness (QED) is 0.501. The highest BCUT2D eigenvalue weighted by molar-refractivity contribution is 5.95. The van der Waals surface area contributed by atoms with Crippen molar-refractivity contribution in [1.29, 1.82) is 5.26 Å². The van der Waals surface area contributed by atoms with Gasteiger partial charge in [-0.1, -0.05) is 57.9 Å². The maximum atomic E-state index is 11.0. The van der Waals surface area contributed by atoms with Crippen LogP contribution in [0.4, 0.5) is 10.5 Å². The number of nitrogens with zero attached hydrogens (tertiary/aromatic N) is 2. The number of primary amides is 1. The van der Waals surface area contributed by atoms with Gasteiger partial charge in [-0.2, -0.15) is 5.26 Å². The third-order valence-electron chi connectivity index (χ3n) is 4.66. The fourth-order valence-corrected chi connectivity index (χ4v) is 3.59. The van der Waals surface area contributed by atoms with Crippen molar-refractivity contribution in [1.82, 2.24) is 4.57 Å². The molecular formula is C25H32N4O. The number of nitriles is 1. The molecule has 0 unspecified atom stereocenters. The van der Waals surface area contributed by atoms with Gasteiger partial charge in [0, 0.05) is 17.1 Å². The lowest BCUT2D eigenvalue weighted by molar-refractivity contribution is 0.259. The molecule has 2 amide bonds. The molecule has 0 saturated heterocycles. The van der Waals surface area contributed by atoms with Crippen LogP contribution in [-0.4, -0.2) is 10.6 Å². The van der Waals surface area contributed by atoms with Gasteiger partial charge in [-0.3, -0.25) is 0 Å². The van der Waals surface area contributed by atoms with Gasteiger partial charge in [0.2, 0.25) is 0 Å². The lowest BCUT2D eigenvalue weighted by Gasteiger charge is -2.16. The molecular weight excluding hydrogens is 372 g/mol. The summed E-state index contributed by atoms with van der Waals surface area (Å²) in [6, 6.07) is 15.8. The van der Waals surface area contributed by atoms with Crippen molar-refractivity contribution in [2.75, 3.05) is 5.32 Å². The fourth-order valence-electron chi connectivity index (χ4n) is 3.59. The van der Waals surface area contributed by atoms with Crippen LogP contribution in [0.15, 0.2) is 42.5 Å². The van der Waals surface area contributed by atoms with E-state index in [0.717, 1.165) is 35.0 Å². The second-order valence-electron chi connectivity index (χ2n) is 7.67. The molecule has 3 N–H and O–H groups in total. The summed E-state index contributed by atoms with van der Waals surface area (Å²) in [6.07, 6.45) is 3.35. The second-order valence-corrected chi connectivity index (χ2v) is 7.67. The smallest absolute Gasteiger partial charge is 0.316 e. The molecule has 0 bridgehead atoms. The van der Waals surface area contributed by atoms with E-state index in [-0.39, 0.29) is 6.04 Å². The van der Waals surface area contributed by atoms with E-state index in [4.69, 9.17) is 5.73 Å². The Hall–Kier alpha value is -3.26. The number of rotatable bonds is 5. The maximum absolute atomic E-state index is 11.0. The van der Waals surface area contributed by atoms with Gasteiger partial charge in [-0.15, -0.1) is 0 Å². The molecule has 5 heteroatoms. The minimum Gasteiger partial charge on any atom is -0.351 e. The van der Waals surface area contributed by atoms with Crippen molar-refractivity contribution in [3.05, 3.63) is 53.6 Å². The molecule has 0 saturated carbocycles.